The summed E-state index contributed by atoms with van der Waals surface area (Å²) in [6.07, 6.45) is -2.63. The zero-order valence-electron chi connectivity index (χ0n) is 8.79. The molecule has 0 saturated heterocycles. The topological polar surface area (TPSA) is 37.4 Å². The summed E-state index contributed by atoms with van der Waals surface area (Å²) in [6.45, 7) is 2.85. The molecule has 0 rings (SSSR count). The first-order valence-electron chi connectivity index (χ1n) is 4.61. The minimum atomic E-state index is -3.56. The Morgan fingerprint density at radius 2 is 1.87 bits per heavy atom. The Kier molecular flexibility index (Phi) is 6.86. The molecule has 0 amide bonds. The highest BCUT2D eigenvalue weighted by Crippen LogP contribution is 2.10. The van der Waals surface area contributed by atoms with Gasteiger partial charge in [0.2, 0.25) is 10.0 Å². The molecule has 0 unspecified atom stereocenters. The van der Waals surface area contributed by atoms with Crippen molar-refractivity contribution in [2.24, 2.45) is 5.92 Å². The Morgan fingerprint density at radius 3 is 2.20 bits per heavy atom. The van der Waals surface area contributed by atoms with Crippen LogP contribution in [0, 0.1) is 5.92 Å². The van der Waals surface area contributed by atoms with Gasteiger partial charge in [0.1, 0.15) is 0 Å². The molecule has 7 heteroatoms. The smallest absolute Gasteiger partial charge is 0.212 e. The van der Waals surface area contributed by atoms with Gasteiger partial charge in [-0.3, -0.25) is 0 Å². The molecule has 0 aliphatic rings. The Labute approximate surface area is 98.0 Å². The van der Waals surface area contributed by atoms with E-state index in [4.69, 9.17) is 0 Å². The molecular weight excluding hydrogens is 292 g/mol. The number of alkyl halides is 3. The van der Waals surface area contributed by atoms with Crippen LogP contribution < -0.4 is 0 Å². The Bertz CT molecular complexity index is 270. The second-order valence-corrected chi connectivity index (χ2v) is 6.42. The number of halogens is 3. The first kappa shape index (κ1) is 15.2. The monoisotopic (exact) mass is 307 g/mol. The summed E-state index contributed by atoms with van der Waals surface area (Å²) in [5, 5.41) is 0.358. The molecule has 0 bridgehead atoms. The van der Waals surface area contributed by atoms with Gasteiger partial charge in [0, 0.05) is 11.9 Å². The van der Waals surface area contributed by atoms with Gasteiger partial charge in [-0.25, -0.2) is 17.2 Å². The molecule has 15 heavy (non-hydrogen) atoms. The fraction of sp³-hybridized carbons (Fsp3) is 1.00. The van der Waals surface area contributed by atoms with E-state index in [0.717, 1.165) is 4.31 Å². The molecule has 0 spiro atoms. The molecule has 92 valence electrons. The molecule has 0 heterocycles. The zero-order chi connectivity index (χ0) is 12.1. The van der Waals surface area contributed by atoms with Crippen LogP contribution in [0.1, 0.15) is 13.8 Å². The number of nitrogens with zero attached hydrogens (tertiary/aromatic N) is 1. The summed E-state index contributed by atoms with van der Waals surface area (Å²) in [6, 6.07) is 0. The van der Waals surface area contributed by atoms with Crippen molar-refractivity contribution in [1.29, 1.82) is 0 Å². The van der Waals surface area contributed by atoms with E-state index in [1.165, 1.54) is 0 Å². The number of hydrogen-bond acceptors (Lipinski definition) is 2. The lowest BCUT2D eigenvalue weighted by atomic mass is 10.3. The standard InChI is InChI=1S/C8H16BrF2NO2S/c1-7(2)6-15(13,14)12(4-3-9)5-8(10)11/h7-8H,3-6H2,1-2H3. The van der Waals surface area contributed by atoms with Crippen molar-refractivity contribution < 1.29 is 17.2 Å². The van der Waals surface area contributed by atoms with E-state index in [-0.39, 0.29) is 18.2 Å². The minimum absolute atomic E-state index is 0.0644. The van der Waals surface area contributed by atoms with E-state index < -0.39 is 23.0 Å². The predicted octanol–water partition coefficient (Wildman–Crippen LogP) is 1.93. The van der Waals surface area contributed by atoms with Crippen LogP contribution in [-0.4, -0.2) is 43.3 Å². The van der Waals surface area contributed by atoms with Gasteiger partial charge >= 0.3 is 0 Å². The summed E-state index contributed by atoms with van der Waals surface area (Å²) in [5.74, 6) is -0.155. The van der Waals surface area contributed by atoms with Crippen molar-refractivity contribution in [3.63, 3.8) is 0 Å². The van der Waals surface area contributed by atoms with Crippen LogP contribution in [0.5, 0.6) is 0 Å². The predicted molar refractivity (Wildman–Crippen MR) is 60.0 cm³/mol. The van der Waals surface area contributed by atoms with E-state index >= 15 is 0 Å². The maximum atomic E-state index is 12.2. The number of rotatable bonds is 7. The highest BCUT2D eigenvalue weighted by Gasteiger charge is 2.25. The summed E-state index contributed by atoms with van der Waals surface area (Å²) in [5.41, 5.74) is 0. The van der Waals surface area contributed by atoms with Crippen LogP contribution in [0.3, 0.4) is 0 Å². The summed E-state index contributed by atoms with van der Waals surface area (Å²) < 4.78 is 48.4. The summed E-state index contributed by atoms with van der Waals surface area (Å²) >= 11 is 3.05. The van der Waals surface area contributed by atoms with Crippen molar-refractivity contribution in [1.82, 2.24) is 4.31 Å². The van der Waals surface area contributed by atoms with Crippen molar-refractivity contribution in [2.45, 2.75) is 20.3 Å². The zero-order valence-corrected chi connectivity index (χ0v) is 11.2. The third-order valence-corrected chi connectivity index (χ3v) is 4.17. The molecule has 0 aromatic heterocycles. The highest BCUT2D eigenvalue weighted by atomic mass is 79.9. The summed E-state index contributed by atoms with van der Waals surface area (Å²) in [7, 11) is -3.56. The largest absolute Gasteiger partial charge is 0.252 e. The van der Waals surface area contributed by atoms with Gasteiger partial charge in [0.15, 0.2) is 0 Å². The molecule has 0 radical (unpaired) electrons. The van der Waals surface area contributed by atoms with Gasteiger partial charge < -0.3 is 0 Å². The van der Waals surface area contributed by atoms with Gasteiger partial charge in [-0.1, -0.05) is 29.8 Å². The SMILES string of the molecule is CC(C)CS(=O)(=O)N(CCBr)CC(F)F. The molecule has 0 atom stereocenters. The highest BCUT2D eigenvalue weighted by molar-refractivity contribution is 9.09. The lowest BCUT2D eigenvalue weighted by molar-refractivity contribution is 0.121. The van der Waals surface area contributed by atoms with Gasteiger partial charge in [0.25, 0.3) is 6.43 Å². The average Bonchev–Trinajstić information content (AvgIpc) is 2.00. The normalized spacial score (nSPS) is 13.1. The number of hydrogen-bond donors (Lipinski definition) is 0. The first-order chi connectivity index (χ1) is 6.79. The van der Waals surface area contributed by atoms with Crippen LogP contribution in [0.2, 0.25) is 0 Å². The second-order valence-electron chi connectivity index (χ2n) is 3.61. The van der Waals surface area contributed by atoms with Crippen LogP contribution in [0.4, 0.5) is 8.78 Å². The molecular formula is C8H16BrF2NO2S. The Morgan fingerprint density at radius 1 is 1.33 bits per heavy atom. The molecule has 0 aromatic carbocycles. The maximum absolute atomic E-state index is 12.2. The van der Waals surface area contributed by atoms with Crippen LogP contribution in [0.15, 0.2) is 0 Å². The van der Waals surface area contributed by atoms with Gasteiger partial charge in [-0.05, 0) is 5.92 Å². The van der Waals surface area contributed by atoms with Gasteiger partial charge in [0.05, 0.1) is 12.3 Å². The maximum Gasteiger partial charge on any atom is 0.252 e. The molecule has 0 fully saturated rings. The molecule has 0 N–H and O–H groups in total. The average molecular weight is 308 g/mol. The van der Waals surface area contributed by atoms with E-state index in [0.29, 0.717) is 5.33 Å². The Balaban J connectivity index is 4.58. The van der Waals surface area contributed by atoms with E-state index in [1.54, 1.807) is 13.8 Å². The molecule has 3 nitrogen and oxygen atoms in total. The Hall–Kier alpha value is 0.250. The van der Waals surface area contributed by atoms with E-state index in [1.807, 2.05) is 0 Å². The van der Waals surface area contributed by atoms with E-state index in [2.05, 4.69) is 15.9 Å². The third-order valence-electron chi connectivity index (χ3n) is 1.61. The minimum Gasteiger partial charge on any atom is -0.212 e. The fourth-order valence-electron chi connectivity index (χ4n) is 1.12. The molecule has 0 aliphatic heterocycles. The van der Waals surface area contributed by atoms with Gasteiger partial charge in [-0.2, -0.15) is 4.31 Å². The van der Waals surface area contributed by atoms with Crippen molar-refractivity contribution in [2.75, 3.05) is 24.2 Å². The van der Waals surface area contributed by atoms with Crippen molar-refractivity contribution in [3.05, 3.63) is 0 Å². The molecule has 0 saturated carbocycles. The van der Waals surface area contributed by atoms with Gasteiger partial charge in [-0.15, -0.1) is 0 Å². The lowest BCUT2D eigenvalue weighted by Gasteiger charge is -2.21. The second kappa shape index (κ2) is 6.75. The molecule has 0 aliphatic carbocycles. The third kappa shape index (κ3) is 6.42. The summed E-state index contributed by atoms with van der Waals surface area (Å²) in [4.78, 5) is 0. The fourth-order valence-corrected chi connectivity index (χ4v) is 3.54. The number of sulfonamides is 1. The van der Waals surface area contributed by atoms with Crippen molar-refractivity contribution >= 4 is 26.0 Å². The molecule has 0 aromatic rings. The lowest BCUT2D eigenvalue weighted by Crippen LogP contribution is -2.39. The quantitative estimate of drug-likeness (QED) is 0.674. The first-order valence-corrected chi connectivity index (χ1v) is 7.34. The van der Waals surface area contributed by atoms with Crippen LogP contribution in [-0.2, 0) is 10.0 Å². The van der Waals surface area contributed by atoms with Crippen molar-refractivity contribution in [3.8, 4) is 0 Å². The van der Waals surface area contributed by atoms with Crippen LogP contribution in [0.25, 0.3) is 0 Å². The van der Waals surface area contributed by atoms with E-state index in [9.17, 15) is 17.2 Å². The van der Waals surface area contributed by atoms with Crippen LogP contribution >= 0.6 is 15.9 Å².